The second kappa shape index (κ2) is 9.71. The van der Waals surface area contributed by atoms with Crippen LogP contribution in [0, 0.1) is 0 Å². The lowest BCUT2D eigenvalue weighted by Gasteiger charge is -2.43. The molecule has 1 aromatic rings. The summed E-state index contributed by atoms with van der Waals surface area (Å²) in [7, 11) is -3.48. The molecule has 0 spiro atoms. The number of hydrogen-bond donors (Lipinski definition) is 1. The molecule has 2 saturated heterocycles. The summed E-state index contributed by atoms with van der Waals surface area (Å²) in [5.41, 5.74) is 0. The van der Waals surface area contributed by atoms with E-state index in [1.54, 1.807) is 28.6 Å². The molecular weight excluding hydrogens is 378 g/mol. The Morgan fingerprint density at radius 3 is 2.32 bits per heavy atom. The van der Waals surface area contributed by atoms with Crippen molar-refractivity contribution in [3.8, 4) is 0 Å². The third-order valence-corrected chi connectivity index (χ3v) is 7.46. The van der Waals surface area contributed by atoms with Crippen molar-refractivity contribution in [2.75, 3.05) is 32.8 Å². The van der Waals surface area contributed by atoms with Gasteiger partial charge in [0.2, 0.25) is 10.0 Å². The lowest BCUT2D eigenvalue weighted by Crippen LogP contribution is -2.56. The second-order valence-electron chi connectivity index (χ2n) is 7.43. The summed E-state index contributed by atoms with van der Waals surface area (Å²) in [6.07, 6.45) is 3.87. The summed E-state index contributed by atoms with van der Waals surface area (Å²) < 4.78 is 32.7. The van der Waals surface area contributed by atoms with Crippen LogP contribution in [0.1, 0.15) is 39.0 Å². The summed E-state index contributed by atoms with van der Waals surface area (Å²) in [6.45, 7) is 4.89. The summed E-state index contributed by atoms with van der Waals surface area (Å²) in [5, 5.41) is 3.01. The van der Waals surface area contributed by atoms with Crippen LogP contribution in [0.4, 0.5) is 4.79 Å². The molecule has 28 heavy (non-hydrogen) atoms. The Balaban J connectivity index is 1.68. The first-order chi connectivity index (χ1) is 13.5. The molecule has 0 bridgehead atoms. The molecule has 156 valence electrons. The standard InChI is InChI=1S/C20H31N3O4S/c1-2-12-21-20(24)23(18-10-15-27-16-11-18)17-8-13-22(14-9-17)28(25,26)19-6-4-3-5-7-19/h3-7,17-18H,2,8-16H2,1H3,(H,21,24). The number of hydrogen-bond acceptors (Lipinski definition) is 4. The van der Waals surface area contributed by atoms with Gasteiger partial charge in [0.25, 0.3) is 0 Å². The van der Waals surface area contributed by atoms with Crippen LogP contribution in [0.15, 0.2) is 35.2 Å². The summed E-state index contributed by atoms with van der Waals surface area (Å²) in [4.78, 5) is 15.1. The Morgan fingerprint density at radius 2 is 1.71 bits per heavy atom. The van der Waals surface area contributed by atoms with E-state index in [4.69, 9.17) is 4.74 Å². The topological polar surface area (TPSA) is 79.0 Å². The number of urea groups is 1. The van der Waals surface area contributed by atoms with Crippen molar-refractivity contribution in [3.63, 3.8) is 0 Å². The van der Waals surface area contributed by atoms with Gasteiger partial charge in [-0.15, -0.1) is 0 Å². The molecule has 0 atom stereocenters. The number of sulfonamides is 1. The Kier molecular flexibility index (Phi) is 7.31. The van der Waals surface area contributed by atoms with Gasteiger partial charge in [-0.1, -0.05) is 25.1 Å². The van der Waals surface area contributed by atoms with Gasteiger partial charge in [-0.25, -0.2) is 13.2 Å². The third kappa shape index (κ3) is 4.85. The number of piperidine rings is 1. The van der Waals surface area contributed by atoms with Crippen LogP contribution in [0.3, 0.4) is 0 Å². The molecule has 2 fully saturated rings. The highest BCUT2D eigenvalue weighted by molar-refractivity contribution is 7.89. The fourth-order valence-corrected chi connectivity index (χ4v) is 5.51. The zero-order valence-corrected chi connectivity index (χ0v) is 17.4. The molecule has 2 amide bonds. The molecule has 1 N–H and O–H groups in total. The van der Waals surface area contributed by atoms with E-state index in [1.807, 2.05) is 17.9 Å². The molecule has 0 radical (unpaired) electrons. The summed E-state index contributed by atoms with van der Waals surface area (Å²) in [6, 6.07) is 8.75. The van der Waals surface area contributed by atoms with Crippen LogP contribution < -0.4 is 5.32 Å². The maximum atomic E-state index is 12.9. The monoisotopic (exact) mass is 409 g/mol. The van der Waals surface area contributed by atoms with E-state index >= 15 is 0 Å². The lowest BCUT2D eigenvalue weighted by atomic mass is 9.99. The predicted molar refractivity (Wildman–Crippen MR) is 108 cm³/mol. The fourth-order valence-electron chi connectivity index (χ4n) is 4.02. The van der Waals surface area contributed by atoms with Gasteiger partial charge < -0.3 is 15.0 Å². The summed E-state index contributed by atoms with van der Waals surface area (Å²) >= 11 is 0. The van der Waals surface area contributed by atoms with E-state index in [2.05, 4.69) is 5.32 Å². The molecule has 8 heteroatoms. The first-order valence-corrected chi connectivity index (χ1v) is 11.7. The van der Waals surface area contributed by atoms with E-state index in [1.165, 1.54) is 0 Å². The maximum absolute atomic E-state index is 12.9. The number of nitrogens with zero attached hydrogens (tertiary/aromatic N) is 2. The number of nitrogens with one attached hydrogen (secondary N) is 1. The molecule has 1 aromatic carbocycles. The minimum absolute atomic E-state index is 0.0295. The van der Waals surface area contributed by atoms with Crippen LogP contribution in [-0.2, 0) is 14.8 Å². The first kappa shape index (κ1) is 21.1. The van der Waals surface area contributed by atoms with Gasteiger partial charge in [-0.2, -0.15) is 4.31 Å². The quantitative estimate of drug-likeness (QED) is 0.783. The minimum Gasteiger partial charge on any atom is -0.381 e. The highest BCUT2D eigenvalue weighted by atomic mass is 32.2. The van der Waals surface area contributed by atoms with Gasteiger partial charge in [0, 0.05) is 44.9 Å². The van der Waals surface area contributed by atoms with Crippen molar-refractivity contribution < 1.29 is 17.9 Å². The highest BCUT2D eigenvalue weighted by Crippen LogP contribution is 2.27. The number of carbonyl (C=O) groups is 1. The average molecular weight is 410 g/mol. The number of amides is 2. The van der Waals surface area contributed by atoms with E-state index in [9.17, 15) is 13.2 Å². The van der Waals surface area contributed by atoms with Crippen LogP contribution in [0.5, 0.6) is 0 Å². The van der Waals surface area contributed by atoms with Gasteiger partial charge in [-0.3, -0.25) is 0 Å². The Bertz CT molecular complexity index is 727. The molecule has 0 aliphatic carbocycles. The molecule has 0 aromatic heterocycles. The van der Waals surface area contributed by atoms with Crippen molar-refractivity contribution in [1.82, 2.24) is 14.5 Å². The van der Waals surface area contributed by atoms with E-state index in [-0.39, 0.29) is 18.1 Å². The molecule has 0 saturated carbocycles. The van der Waals surface area contributed by atoms with Gasteiger partial charge in [0.05, 0.1) is 4.90 Å². The largest absolute Gasteiger partial charge is 0.381 e. The van der Waals surface area contributed by atoms with E-state index in [0.29, 0.717) is 50.6 Å². The third-order valence-electron chi connectivity index (χ3n) is 5.54. The van der Waals surface area contributed by atoms with Gasteiger partial charge >= 0.3 is 6.03 Å². The molecule has 3 rings (SSSR count). The van der Waals surface area contributed by atoms with Crippen molar-refractivity contribution in [1.29, 1.82) is 0 Å². The van der Waals surface area contributed by atoms with Crippen LogP contribution in [-0.4, -0.2) is 68.6 Å². The zero-order chi connectivity index (χ0) is 20.0. The minimum atomic E-state index is -3.48. The Morgan fingerprint density at radius 1 is 1.11 bits per heavy atom. The zero-order valence-electron chi connectivity index (χ0n) is 16.5. The number of ether oxygens (including phenoxy) is 1. The Labute approximate surface area is 168 Å². The predicted octanol–water partition coefficient (Wildman–Crippen LogP) is 2.44. The van der Waals surface area contributed by atoms with Gasteiger partial charge in [-0.05, 0) is 44.2 Å². The van der Waals surface area contributed by atoms with Crippen LogP contribution in [0.25, 0.3) is 0 Å². The van der Waals surface area contributed by atoms with E-state index in [0.717, 1.165) is 19.3 Å². The molecule has 2 aliphatic heterocycles. The average Bonchev–Trinajstić information content (AvgIpc) is 2.74. The maximum Gasteiger partial charge on any atom is 0.317 e. The highest BCUT2D eigenvalue weighted by Gasteiger charge is 2.36. The van der Waals surface area contributed by atoms with Gasteiger partial charge in [0.1, 0.15) is 0 Å². The molecular formula is C20H31N3O4S. The normalized spacial score (nSPS) is 20.0. The lowest BCUT2D eigenvalue weighted by molar-refractivity contribution is 0.0255. The molecule has 2 heterocycles. The van der Waals surface area contributed by atoms with E-state index < -0.39 is 10.0 Å². The Hall–Kier alpha value is -1.64. The van der Waals surface area contributed by atoms with Crippen molar-refractivity contribution in [2.24, 2.45) is 0 Å². The van der Waals surface area contributed by atoms with Crippen LogP contribution >= 0.6 is 0 Å². The second-order valence-corrected chi connectivity index (χ2v) is 9.37. The number of benzene rings is 1. The molecule has 7 nitrogen and oxygen atoms in total. The molecule has 2 aliphatic rings. The first-order valence-electron chi connectivity index (χ1n) is 10.2. The number of carbonyl (C=O) groups excluding carboxylic acids is 1. The SMILES string of the molecule is CCCNC(=O)N(C1CCOCC1)C1CCN(S(=O)(=O)c2ccccc2)CC1. The fraction of sp³-hybridized carbons (Fsp3) is 0.650. The smallest absolute Gasteiger partial charge is 0.317 e. The summed E-state index contributed by atoms with van der Waals surface area (Å²) in [5.74, 6) is 0. The van der Waals surface area contributed by atoms with Gasteiger partial charge in [0.15, 0.2) is 0 Å². The van der Waals surface area contributed by atoms with Crippen molar-refractivity contribution in [3.05, 3.63) is 30.3 Å². The van der Waals surface area contributed by atoms with Crippen molar-refractivity contribution in [2.45, 2.75) is 56.0 Å². The van der Waals surface area contributed by atoms with Crippen LogP contribution in [0.2, 0.25) is 0 Å². The van der Waals surface area contributed by atoms with Crippen molar-refractivity contribution >= 4 is 16.1 Å². The molecule has 0 unspecified atom stereocenters. The number of rotatable bonds is 6.